The van der Waals surface area contributed by atoms with Crippen LogP contribution in [0.2, 0.25) is 0 Å². The molecule has 0 atom stereocenters. The van der Waals surface area contributed by atoms with E-state index < -0.39 is 17.1 Å². The van der Waals surface area contributed by atoms with Crippen molar-refractivity contribution in [3.05, 3.63) is 44.2 Å². The zero-order chi connectivity index (χ0) is 15.3. The Bertz CT molecular complexity index is 422. The minimum absolute atomic E-state index is 1.15. The van der Waals surface area contributed by atoms with Crippen LogP contribution >= 0.6 is 0 Å². The summed E-state index contributed by atoms with van der Waals surface area (Å²) < 4.78 is 9.09. The van der Waals surface area contributed by atoms with Crippen LogP contribution in [-0.2, 0) is 17.1 Å². The van der Waals surface area contributed by atoms with Crippen molar-refractivity contribution in [3.63, 3.8) is 0 Å². The van der Waals surface area contributed by atoms with Gasteiger partial charge in [-0.15, -0.1) is 0 Å². The number of hydrogen-bond donors (Lipinski definition) is 0. The van der Waals surface area contributed by atoms with Gasteiger partial charge < -0.3 is 0 Å². The number of rotatable bonds is 8. The van der Waals surface area contributed by atoms with Crippen molar-refractivity contribution in [2.75, 3.05) is 26.2 Å². The van der Waals surface area contributed by atoms with E-state index in [4.69, 9.17) is 0 Å². The maximum absolute atomic E-state index is 2.82. The minimum atomic E-state index is -2.58. The Hall–Kier alpha value is -0.406. The van der Waals surface area contributed by atoms with Gasteiger partial charge in [0.1, 0.15) is 0 Å². The monoisotopic (exact) mass is 322 g/mol. The summed E-state index contributed by atoms with van der Waals surface area (Å²) in [5.74, 6) is 0. The van der Waals surface area contributed by atoms with Crippen LogP contribution in [0.1, 0.15) is 40.5 Å². The topological polar surface area (TPSA) is 6.48 Å². The van der Waals surface area contributed by atoms with Crippen LogP contribution in [0.25, 0.3) is 0 Å². The second-order valence-electron chi connectivity index (χ2n) is 5.67. The zero-order valence-electron chi connectivity index (χ0n) is 14.1. The molecule has 2 aliphatic carbocycles. The van der Waals surface area contributed by atoms with Crippen LogP contribution in [-0.4, -0.2) is 32.9 Å². The van der Waals surface area contributed by atoms with Crippen molar-refractivity contribution in [2.45, 2.75) is 40.5 Å². The van der Waals surface area contributed by atoms with E-state index >= 15 is 0 Å². The normalized spacial score (nSPS) is 18.0. The van der Waals surface area contributed by atoms with Gasteiger partial charge in [0.2, 0.25) is 0 Å². The van der Waals surface area contributed by atoms with E-state index in [1.807, 2.05) is 0 Å². The molecule has 2 nitrogen and oxygen atoms in total. The Morgan fingerprint density at radius 2 is 1.14 bits per heavy atom. The molecule has 0 saturated heterocycles. The van der Waals surface area contributed by atoms with Crippen LogP contribution in [0.5, 0.6) is 0 Å². The first-order valence-corrected chi connectivity index (χ1v) is 11.4. The van der Waals surface area contributed by atoms with Gasteiger partial charge in [-0.2, -0.15) is 0 Å². The molecule has 0 spiro atoms. The molecule has 0 aromatic carbocycles. The molecule has 0 N–H and O–H groups in total. The average molecular weight is 322 g/mol. The van der Waals surface area contributed by atoms with Crippen molar-refractivity contribution in [2.24, 2.45) is 0 Å². The molecule has 0 amide bonds. The number of nitrogens with zero attached hydrogens (tertiary/aromatic N) is 2. The zero-order valence-corrected chi connectivity index (χ0v) is 15.7. The van der Waals surface area contributed by atoms with Crippen molar-refractivity contribution >= 4 is 0 Å². The Balaban J connectivity index is 2.57. The summed E-state index contributed by atoms with van der Waals surface area (Å²) in [5, 5.41) is 0. The number of hydrogen-bond acceptors (Lipinski definition) is 2. The van der Waals surface area contributed by atoms with E-state index in [1.54, 1.807) is 7.76 Å². The molecule has 0 aromatic rings. The molecule has 2 aliphatic rings. The molecular weight excluding hydrogens is 292 g/mol. The third-order valence-corrected chi connectivity index (χ3v) is 13.7. The Morgan fingerprint density at radius 1 is 0.762 bits per heavy atom. The average Bonchev–Trinajstić information content (AvgIpc) is 3.21. The second kappa shape index (κ2) is 7.74. The molecular formula is C18H30N2Ti. The summed E-state index contributed by atoms with van der Waals surface area (Å²) in [6.07, 6.45) is 16.4. The first-order valence-electron chi connectivity index (χ1n) is 8.47. The predicted octanol–water partition coefficient (Wildman–Crippen LogP) is 4.34. The van der Waals surface area contributed by atoms with E-state index in [1.165, 1.54) is 0 Å². The quantitative estimate of drug-likeness (QED) is 0.613. The van der Waals surface area contributed by atoms with Gasteiger partial charge in [-0.3, -0.25) is 0 Å². The van der Waals surface area contributed by atoms with Gasteiger partial charge in [0.05, 0.1) is 0 Å². The van der Waals surface area contributed by atoms with E-state index in [9.17, 15) is 0 Å². The fourth-order valence-electron chi connectivity index (χ4n) is 3.99. The first kappa shape index (κ1) is 17.0. The van der Waals surface area contributed by atoms with Crippen molar-refractivity contribution in [3.8, 4) is 0 Å². The van der Waals surface area contributed by atoms with Crippen molar-refractivity contribution in [1.29, 1.82) is 0 Å². The molecule has 2 rings (SSSR count). The summed E-state index contributed by atoms with van der Waals surface area (Å²) in [6, 6.07) is 0. The molecule has 0 radical (unpaired) electrons. The molecule has 0 bridgehead atoms. The fraction of sp³-hybridized carbons (Fsp3) is 0.556. The molecule has 0 heterocycles. The van der Waals surface area contributed by atoms with Gasteiger partial charge in [0.25, 0.3) is 0 Å². The summed E-state index contributed by atoms with van der Waals surface area (Å²) in [4.78, 5) is 0. The SMILES string of the molecule is CC[N](CC)[Ti]([C]1=CC=CC1)([C]1=CC=CC1)[N](CC)CC. The van der Waals surface area contributed by atoms with Gasteiger partial charge in [-0.25, -0.2) is 0 Å². The third kappa shape index (κ3) is 2.92. The summed E-state index contributed by atoms with van der Waals surface area (Å²) in [7, 11) is 0. The summed E-state index contributed by atoms with van der Waals surface area (Å²) >= 11 is -2.58. The number of allylic oxidation sites excluding steroid dienone is 8. The molecule has 3 heteroatoms. The summed E-state index contributed by atoms with van der Waals surface area (Å²) in [6.45, 7) is 13.9. The van der Waals surface area contributed by atoms with Crippen LogP contribution in [0.4, 0.5) is 0 Å². The third-order valence-electron chi connectivity index (χ3n) is 4.88. The Labute approximate surface area is 134 Å². The Kier molecular flexibility index (Phi) is 6.25. The van der Waals surface area contributed by atoms with Gasteiger partial charge in [0, 0.05) is 0 Å². The fourth-order valence-corrected chi connectivity index (χ4v) is 12.9. The maximum atomic E-state index is 2.82. The second-order valence-corrected chi connectivity index (χ2v) is 11.7. The van der Waals surface area contributed by atoms with Gasteiger partial charge in [-0.05, 0) is 0 Å². The van der Waals surface area contributed by atoms with E-state index in [0.717, 1.165) is 39.0 Å². The van der Waals surface area contributed by atoms with Crippen molar-refractivity contribution < 1.29 is 17.1 Å². The van der Waals surface area contributed by atoms with Crippen molar-refractivity contribution in [1.82, 2.24) is 6.76 Å². The van der Waals surface area contributed by atoms with Crippen LogP contribution in [0.15, 0.2) is 44.2 Å². The molecule has 0 fully saturated rings. The van der Waals surface area contributed by atoms with Gasteiger partial charge in [-0.1, -0.05) is 0 Å². The van der Waals surface area contributed by atoms with Gasteiger partial charge in [0.15, 0.2) is 0 Å². The first-order chi connectivity index (χ1) is 10.2. The predicted molar refractivity (Wildman–Crippen MR) is 89.5 cm³/mol. The molecule has 0 aromatic heterocycles. The molecule has 116 valence electrons. The van der Waals surface area contributed by atoms with E-state index in [2.05, 4.69) is 70.9 Å². The van der Waals surface area contributed by atoms with Crippen LogP contribution in [0.3, 0.4) is 0 Å². The Morgan fingerprint density at radius 3 is 1.38 bits per heavy atom. The summed E-state index contributed by atoms with van der Waals surface area (Å²) in [5.41, 5.74) is 0. The van der Waals surface area contributed by atoms with Gasteiger partial charge >= 0.3 is 135 Å². The van der Waals surface area contributed by atoms with Crippen LogP contribution < -0.4 is 0 Å². The molecule has 0 unspecified atom stereocenters. The molecule has 0 aliphatic heterocycles. The molecule has 0 saturated carbocycles. The van der Waals surface area contributed by atoms with E-state index in [0.29, 0.717) is 0 Å². The molecule has 21 heavy (non-hydrogen) atoms. The standard InChI is InChI=1S/2C5H5.2C4H10N.Ti/c2*1-2-4-5-3-1;2*1-3-5-4-2;/h2*1-3H,4H2;2*3-4H2,1-2H3;/q;;2*-1;+2. The van der Waals surface area contributed by atoms with Crippen LogP contribution in [0, 0.1) is 0 Å². The van der Waals surface area contributed by atoms with E-state index in [-0.39, 0.29) is 0 Å².